The van der Waals surface area contributed by atoms with Gasteiger partial charge in [0.25, 0.3) is 0 Å². The van der Waals surface area contributed by atoms with Crippen LogP contribution in [-0.2, 0) is 4.79 Å². The zero-order chi connectivity index (χ0) is 12.7. The van der Waals surface area contributed by atoms with Gasteiger partial charge in [-0.1, -0.05) is 35.9 Å². The van der Waals surface area contributed by atoms with Gasteiger partial charge in [-0.3, -0.25) is 0 Å². The zero-order valence-electron chi connectivity index (χ0n) is 9.76. The minimum atomic E-state index is -0.954. The average molecular weight is 235 g/mol. The smallest absolute Gasteiger partial charge is 0.328 e. The van der Waals surface area contributed by atoms with Crippen molar-refractivity contribution >= 4 is 5.97 Å². The molecule has 4 heteroatoms. The van der Waals surface area contributed by atoms with Crippen LogP contribution in [0.5, 0.6) is 0 Å². The van der Waals surface area contributed by atoms with E-state index in [1.54, 1.807) is 6.92 Å². The summed E-state index contributed by atoms with van der Waals surface area (Å²) in [5, 5.41) is 21.0. The van der Waals surface area contributed by atoms with E-state index < -0.39 is 5.97 Å². The molecule has 0 radical (unpaired) electrons. The normalized spacial score (nSPS) is 13.4. The summed E-state index contributed by atoms with van der Waals surface area (Å²) in [7, 11) is 0. The van der Waals surface area contributed by atoms with E-state index in [9.17, 15) is 9.90 Å². The average Bonchev–Trinajstić information content (AvgIpc) is 2.30. The number of carbonyl (C=O) groups is 1. The third-order valence-electron chi connectivity index (χ3n) is 2.38. The zero-order valence-corrected chi connectivity index (χ0v) is 9.76. The number of hydrogen-bond acceptors (Lipinski definition) is 3. The van der Waals surface area contributed by atoms with Crippen LogP contribution in [0.15, 0.2) is 42.0 Å². The highest BCUT2D eigenvalue weighted by Gasteiger charge is 2.08. The van der Waals surface area contributed by atoms with Gasteiger partial charge in [0.1, 0.15) is 0 Å². The topological polar surface area (TPSA) is 69.6 Å². The molecule has 1 aromatic rings. The Morgan fingerprint density at radius 1 is 1.41 bits per heavy atom. The molecule has 0 aliphatic heterocycles. The summed E-state index contributed by atoms with van der Waals surface area (Å²) in [6.45, 7) is 2.15. The number of aliphatic hydroxyl groups excluding tert-OH is 1. The number of benzene rings is 1. The summed E-state index contributed by atoms with van der Waals surface area (Å²) >= 11 is 0. The third-order valence-corrected chi connectivity index (χ3v) is 2.38. The van der Waals surface area contributed by atoms with Gasteiger partial charge in [0.2, 0.25) is 0 Å². The summed E-state index contributed by atoms with van der Waals surface area (Å²) < 4.78 is 0. The third kappa shape index (κ3) is 4.80. The number of hydrogen-bond donors (Lipinski definition) is 3. The van der Waals surface area contributed by atoms with E-state index in [1.807, 2.05) is 30.3 Å². The molecule has 1 rings (SSSR count). The summed E-state index contributed by atoms with van der Waals surface area (Å²) in [5.41, 5.74) is 1.70. The molecule has 92 valence electrons. The van der Waals surface area contributed by atoms with Crippen molar-refractivity contribution < 1.29 is 15.0 Å². The molecule has 0 amide bonds. The van der Waals surface area contributed by atoms with Crippen molar-refractivity contribution in [3.63, 3.8) is 0 Å². The maximum atomic E-state index is 10.4. The van der Waals surface area contributed by atoms with Crippen molar-refractivity contribution in [3.05, 3.63) is 47.5 Å². The summed E-state index contributed by atoms with van der Waals surface area (Å²) in [6, 6.07) is 9.38. The Kier molecular flexibility index (Phi) is 5.39. The van der Waals surface area contributed by atoms with Crippen LogP contribution in [-0.4, -0.2) is 29.3 Å². The fourth-order valence-electron chi connectivity index (χ4n) is 1.52. The van der Waals surface area contributed by atoms with Gasteiger partial charge >= 0.3 is 5.97 Å². The van der Waals surface area contributed by atoms with Crippen molar-refractivity contribution in [3.8, 4) is 0 Å². The highest BCUT2D eigenvalue weighted by atomic mass is 16.4. The fraction of sp³-hybridized carbons (Fsp3) is 0.308. The molecule has 1 unspecified atom stereocenters. The van der Waals surface area contributed by atoms with E-state index in [4.69, 9.17) is 5.11 Å². The molecule has 0 spiro atoms. The Balaban J connectivity index is 2.57. The van der Waals surface area contributed by atoms with Gasteiger partial charge in [0.15, 0.2) is 0 Å². The lowest BCUT2D eigenvalue weighted by Crippen LogP contribution is -2.26. The Morgan fingerprint density at radius 3 is 2.59 bits per heavy atom. The molecule has 1 aromatic carbocycles. The van der Waals surface area contributed by atoms with Crippen LogP contribution in [0.3, 0.4) is 0 Å². The van der Waals surface area contributed by atoms with E-state index >= 15 is 0 Å². The summed E-state index contributed by atoms with van der Waals surface area (Å²) in [5.74, 6) is -0.954. The lowest BCUT2D eigenvalue weighted by molar-refractivity contribution is -0.131. The fourth-order valence-corrected chi connectivity index (χ4v) is 1.52. The Hall–Kier alpha value is -1.65. The van der Waals surface area contributed by atoms with Gasteiger partial charge in [-0.2, -0.15) is 0 Å². The molecule has 0 aliphatic rings. The van der Waals surface area contributed by atoms with E-state index in [2.05, 4.69) is 5.32 Å². The summed E-state index contributed by atoms with van der Waals surface area (Å²) in [6.07, 6.45) is 1.16. The van der Waals surface area contributed by atoms with Crippen molar-refractivity contribution in [2.75, 3.05) is 13.2 Å². The van der Waals surface area contributed by atoms with Gasteiger partial charge in [-0.25, -0.2) is 4.79 Å². The molecule has 0 saturated heterocycles. The van der Waals surface area contributed by atoms with Crippen molar-refractivity contribution in [1.29, 1.82) is 0 Å². The quantitative estimate of drug-likeness (QED) is 0.651. The largest absolute Gasteiger partial charge is 0.478 e. The molecule has 1 atom stereocenters. The molecular weight excluding hydrogens is 218 g/mol. The second-order valence-corrected chi connectivity index (χ2v) is 3.86. The predicted molar refractivity (Wildman–Crippen MR) is 65.7 cm³/mol. The minimum absolute atomic E-state index is 0.0234. The second kappa shape index (κ2) is 6.83. The van der Waals surface area contributed by atoms with Crippen LogP contribution in [0.4, 0.5) is 0 Å². The molecule has 3 N–H and O–H groups in total. The molecule has 0 aromatic heterocycles. The van der Waals surface area contributed by atoms with E-state index in [0.29, 0.717) is 12.1 Å². The van der Waals surface area contributed by atoms with Gasteiger partial charge < -0.3 is 15.5 Å². The number of aliphatic carboxylic acids is 1. The monoisotopic (exact) mass is 235 g/mol. The standard InChI is InChI=1S/C13H17NO3/c1-10(7-13(16)17)8-14-12(9-15)11-5-3-2-4-6-11/h2-7,12,14-15H,8-9H2,1H3,(H,16,17)/b10-7-. The van der Waals surface area contributed by atoms with Gasteiger partial charge in [0, 0.05) is 12.6 Å². The van der Waals surface area contributed by atoms with Gasteiger partial charge in [-0.05, 0) is 12.5 Å². The molecule has 0 heterocycles. The van der Waals surface area contributed by atoms with Crippen LogP contribution in [0, 0.1) is 0 Å². The summed E-state index contributed by atoms with van der Waals surface area (Å²) in [4.78, 5) is 10.4. The molecule has 0 bridgehead atoms. The van der Waals surface area contributed by atoms with Crippen molar-refractivity contribution in [2.45, 2.75) is 13.0 Å². The maximum Gasteiger partial charge on any atom is 0.328 e. The van der Waals surface area contributed by atoms with Crippen molar-refractivity contribution in [2.24, 2.45) is 0 Å². The minimum Gasteiger partial charge on any atom is -0.478 e. The van der Waals surface area contributed by atoms with Crippen molar-refractivity contribution in [1.82, 2.24) is 5.32 Å². The first kappa shape index (κ1) is 13.4. The van der Waals surface area contributed by atoms with Gasteiger partial charge in [-0.15, -0.1) is 0 Å². The van der Waals surface area contributed by atoms with E-state index in [-0.39, 0.29) is 12.6 Å². The van der Waals surface area contributed by atoms with E-state index in [1.165, 1.54) is 0 Å². The van der Waals surface area contributed by atoms with E-state index in [0.717, 1.165) is 11.6 Å². The number of carboxylic acids is 1. The van der Waals surface area contributed by atoms with Crippen LogP contribution >= 0.6 is 0 Å². The number of rotatable bonds is 6. The highest BCUT2D eigenvalue weighted by molar-refractivity contribution is 5.80. The molecular formula is C13H17NO3. The van der Waals surface area contributed by atoms with Crippen LogP contribution in [0.1, 0.15) is 18.5 Å². The lowest BCUT2D eigenvalue weighted by Gasteiger charge is -2.16. The Labute approximate surface area is 101 Å². The van der Waals surface area contributed by atoms with Crippen LogP contribution in [0.2, 0.25) is 0 Å². The van der Waals surface area contributed by atoms with Gasteiger partial charge in [0.05, 0.1) is 12.6 Å². The molecule has 0 saturated carbocycles. The van der Waals surface area contributed by atoms with Crippen LogP contribution < -0.4 is 5.32 Å². The Morgan fingerprint density at radius 2 is 2.06 bits per heavy atom. The first-order valence-corrected chi connectivity index (χ1v) is 5.42. The number of nitrogens with one attached hydrogen (secondary N) is 1. The molecule has 17 heavy (non-hydrogen) atoms. The number of carboxylic acid groups (broad SMARTS) is 1. The number of aliphatic hydroxyl groups is 1. The molecule has 0 aliphatic carbocycles. The molecule has 4 nitrogen and oxygen atoms in total. The molecule has 0 fully saturated rings. The SMILES string of the molecule is C/C(=C/C(=O)O)CNC(CO)c1ccccc1. The Bertz CT molecular complexity index is 387. The predicted octanol–water partition coefficient (Wildman–Crippen LogP) is 1.34. The first-order valence-electron chi connectivity index (χ1n) is 5.42. The highest BCUT2D eigenvalue weighted by Crippen LogP contribution is 2.11. The lowest BCUT2D eigenvalue weighted by atomic mass is 10.1. The second-order valence-electron chi connectivity index (χ2n) is 3.86. The first-order chi connectivity index (χ1) is 8.13. The van der Waals surface area contributed by atoms with Crippen LogP contribution in [0.25, 0.3) is 0 Å². The maximum absolute atomic E-state index is 10.4.